The maximum Gasteiger partial charge on any atom is 0.341 e. The molecule has 0 aliphatic carbocycles. The fraction of sp³-hybridized carbons (Fsp3) is 0.348. The number of morpholine rings is 1. The van der Waals surface area contributed by atoms with Crippen LogP contribution in [0, 0.1) is 11.3 Å². The SMILES string of the molecule is CC(OC(=O)c1cc(S(=O)(=O)N(C)C)ccc1N1CCOCC1)C(=O)Nc1cccc(C#N)c1. The lowest BCUT2D eigenvalue weighted by atomic mass is 10.1. The molecule has 1 amide bonds. The van der Waals surface area contributed by atoms with Crippen LogP contribution in [0.4, 0.5) is 11.4 Å². The van der Waals surface area contributed by atoms with Gasteiger partial charge in [0.1, 0.15) is 0 Å². The van der Waals surface area contributed by atoms with Gasteiger partial charge in [-0.15, -0.1) is 0 Å². The molecule has 10 nitrogen and oxygen atoms in total. The Balaban J connectivity index is 1.85. The first-order chi connectivity index (χ1) is 16.1. The summed E-state index contributed by atoms with van der Waals surface area (Å²) in [6, 6.07) is 12.6. The van der Waals surface area contributed by atoms with Crippen molar-refractivity contribution in [2.75, 3.05) is 50.6 Å². The minimum absolute atomic E-state index is 0.0379. The molecule has 1 aliphatic rings. The predicted octanol–water partition coefficient (Wildman–Crippen LogP) is 1.83. The van der Waals surface area contributed by atoms with Gasteiger partial charge in [0, 0.05) is 32.9 Å². The summed E-state index contributed by atoms with van der Waals surface area (Å²) in [4.78, 5) is 27.5. The fourth-order valence-corrected chi connectivity index (χ4v) is 4.25. The number of hydrogen-bond acceptors (Lipinski definition) is 8. The molecule has 1 N–H and O–H groups in total. The minimum atomic E-state index is -3.80. The Morgan fingerprint density at radius 3 is 2.53 bits per heavy atom. The van der Waals surface area contributed by atoms with E-state index in [-0.39, 0.29) is 10.5 Å². The maximum absolute atomic E-state index is 13.1. The molecule has 1 aliphatic heterocycles. The molecule has 180 valence electrons. The second kappa shape index (κ2) is 10.6. The molecule has 34 heavy (non-hydrogen) atoms. The van der Waals surface area contributed by atoms with E-state index in [9.17, 15) is 18.0 Å². The van der Waals surface area contributed by atoms with Crippen LogP contribution in [0.1, 0.15) is 22.8 Å². The van der Waals surface area contributed by atoms with E-state index in [1.54, 1.807) is 24.3 Å². The van der Waals surface area contributed by atoms with Crippen molar-refractivity contribution in [3.8, 4) is 6.07 Å². The normalized spacial score (nSPS) is 14.9. The molecule has 1 saturated heterocycles. The Kier molecular flexibility index (Phi) is 7.88. The highest BCUT2D eigenvalue weighted by atomic mass is 32.2. The Hall–Kier alpha value is -3.46. The van der Waals surface area contributed by atoms with Crippen LogP contribution in [0.15, 0.2) is 47.4 Å². The van der Waals surface area contributed by atoms with Crippen LogP contribution in [-0.4, -0.2) is 71.1 Å². The van der Waals surface area contributed by atoms with Crippen molar-refractivity contribution in [3.05, 3.63) is 53.6 Å². The van der Waals surface area contributed by atoms with Gasteiger partial charge in [0.15, 0.2) is 6.10 Å². The van der Waals surface area contributed by atoms with Gasteiger partial charge in [-0.3, -0.25) is 4.79 Å². The highest BCUT2D eigenvalue weighted by molar-refractivity contribution is 7.89. The number of amides is 1. The second-order valence-electron chi connectivity index (χ2n) is 7.80. The van der Waals surface area contributed by atoms with Gasteiger partial charge in [-0.05, 0) is 43.3 Å². The molecule has 0 aromatic heterocycles. The molecule has 0 bridgehead atoms. The van der Waals surface area contributed by atoms with Crippen molar-refractivity contribution in [1.29, 1.82) is 5.26 Å². The van der Waals surface area contributed by atoms with Gasteiger partial charge >= 0.3 is 5.97 Å². The Morgan fingerprint density at radius 2 is 1.88 bits per heavy atom. The monoisotopic (exact) mass is 486 g/mol. The number of anilines is 2. The van der Waals surface area contributed by atoms with E-state index in [1.807, 2.05) is 11.0 Å². The summed E-state index contributed by atoms with van der Waals surface area (Å²) in [5.74, 6) is -1.42. The first-order valence-electron chi connectivity index (χ1n) is 10.5. The van der Waals surface area contributed by atoms with Crippen LogP contribution in [0.3, 0.4) is 0 Å². The van der Waals surface area contributed by atoms with E-state index in [1.165, 1.54) is 39.2 Å². The number of esters is 1. The third-order valence-electron chi connectivity index (χ3n) is 5.23. The van der Waals surface area contributed by atoms with Gasteiger partial charge in [0.2, 0.25) is 10.0 Å². The number of ether oxygens (including phenoxy) is 2. The zero-order chi connectivity index (χ0) is 24.9. The van der Waals surface area contributed by atoms with Crippen LogP contribution >= 0.6 is 0 Å². The summed E-state index contributed by atoms with van der Waals surface area (Å²) in [5, 5.41) is 11.6. The van der Waals surface area contributed by atoms with Crippen molar-refractivity contribution in [2.24, 2.45) is 0 Å². The highest BCUT2D eigenvalue weighted by Crippen LogP contribution is 2.27. The number of carbonyl (C=O) groups is 2. The van der Waals surface area contributed by atoms with Gasteiger partial charge < -0.3 is 19.7 Å². The van der Waals surface area contributed by atoms with Gasteiger partial charge in [-0.2, -0.15) is 5.26 Å². The van der Waals surface area contributed by atoms with Crippen molar-refractivity contribution in [1.82, 2.24) is 4.31 Å². The van der Waals surface area contributed by atoms with Crippen LogP contribution in [0.25, 0.3) is 0 Å². The highest BCUT2D eigenvalue weighted by Gasteiger charge is 2.27. The Bertz CT molecular complexity index is 1220. The van der Waals surface area contributed by atoms with E-state index in [0.717, 1.165) is 4.31 Å². The summed E-state index contributed by atoms with van der Waals surface area (Å²) in [6.07, 6.45) is -1.18. The number of rotatable bonds is 7. The van der Waals surface area contributed by atoms with E-state index in [2.05, 4.69) is 5.32 Å². The van der Waals surface area contributed by atoms with Crippen molar-refractivity contribution in [2.45, 2.75) is 17.9 Å². The lowest BCUT2D eigenvalue weighted by Crippen LogP contribution is -2.37. The number of nitrogens with zero attached hydrogens (tertiary/aromatic N) is 3. The molecule has 2 aromatic carbocycles. The molecule has 0 spiro atoms. The molecule has 11 heteroatoms. The number of carbonyl (C=O) groups excluding carboxylic acids is 2. The van der Waals surface area contributed by atoms with Crippen LogP contribution in [-0.2, 0) is 24.3 Å². The molecular weight excluding hydrogens is 460 g/mol. The van der Waals surface area contributed by atoms with E-state index in [4.69, 9.17) is 14.7 Å². The molecule has 2 aromatic rings. The quantitative estimate of drug-likeness (QED) is 0.587. The smallest absolute Gasteiger partial charge is 0.341 e. The summed E-state index contributed by atoms with van der Waals surface area (Å²) < 4.78 is 37.1. The largest absolute Gasteiger partial charge is 0.449 e. The summed E-state index contributed by atoms with van der Waals surface area (Å²) in [5.41, 5.74) is 1.30. The standard InChI is InChI=1S/C23H26N4O6S/c1-16(22(28)25-18-6-4-5-17(13-18)15-24)33-23(29)20-14-19(34(30,31)26(2)3)7-8-21(20)27-9-11-32-12-10-27/h4-8,13-14,16H,9-12H2,1-3H3,(H,25,28). The average Bonchev–Trinajstić information content (AvgIpc) is 2.84. The third kappa shape index (κ3) is 5.72. The van der Waals surface area contributed by atoms with E-state index in [0.29, 0.717) is 43.2 Å². The number of benzene rings is 2. The van der Waals surface area contributed by atoms with Crippen LogP contribution < -0.4 is 10.2 Å². The van der Waals surface area contributed by atoms with Crippen LogP contribution in [0.5, 0.6) is 0 Å². The fourth-order valence-electron chi connectivity index (χ4n) is 3.32. The predicted molar refractivity (Wildman–Crippen MR) is 125 cm³/mol. The zero-order valence-electron chi connectivity index (χ0n) is 19.1. The Labute approximate surface area is 198 Å². The summed E-state index contributed by atoms with van der Waals surface area (Å²) >= 11 is 0. The molecular formula is C23H26N4O6S. The molecule has 0 saturated carbocycles. The van der Waals surface area contributed by atoms with Crippen molar-refractivity contribution in [3.63, 3.8) is 0 Å². The van der Waals surface area contributed by atoms with Crippen molar-refractivity contribution >= 4 is 33.3 Å². The first kappa shape index (κ1) is 25.2. The molecule has 0 radical (unpaired) electrons. The van der Waals surface area contributed by atoms with E-state index >= 15 is 0 Å². The Morgan fingerprint density at radius 1 is 1.18 bits per heavy atom. The average molecular weight is 487 g/mol. The number of hydrogen-bond donors (Lipinski definition) is 1. The van der Waals surface area contributed by atoms with Gasteiger partial charge in [-0.1, -0.05) is 6.07 Å². The lowest BCUT2D eigenvalue weighted by Gasteiger charge is -2.30. The summed E-state index contributed by atoms with van der Waals surface area (Å²) in [6.45, 7) is 3.38. The molecule has 1 unspecified atom stereocenters. The molecule has 1 fully saturated rings. The van der Waals surface area contributed by atoms with Gasteiger partial charge in [0.05, 0.1) is 41.0 Å². The minimum Gasteiger partial charge on any atom is -0.449 e. The van der Waals surface area contributed by atoms with Crippen molar-refractivity contribution < 1.29 is 27.5 Å². The number of nitriles is 1. The maximum atomic E-state index is 13.1. The van der Waals surface area contributed by atoms with Gasteiger partial charge in [0.25, 0.3) is 5.91 Å². The van der Waals surface area contributed by atoms with E-state index < -0.39 is 28.0 Å². The topological polar surface area (TPSA) is 129 Å². The number of nitrogens with one attached hydrogen (secondary N) is 1. The second-order valence-corrected chi connectivity index (χ2v) is 9.95. The van der Waals surface area contributed by atoms with Crippen LogP contribution in [0.2, 0.25) is 0 Å². The zero-order valence-corrected chi connectivity index (χ0v) is 20.0. The lowest BCUT2D eigenvalue weighted by molar-refractivity contribution is -0.123. The first-order valence-corrected chi connectivity index (χ1v) is 12.0. The third-order valence-corrected chi connectivity index (χ3v) is 7.04. The molecule has 1 atom stereocenters. The number of sulfonamides is 1. The van der Waals surface area contributed by atoms with Gasteiger partial charge in [-0.25, -0.2) is 17.5 Å². The summed E-state index contributed by atoms with van der Waals surface area (Å²) in [7, 11) is -0.996. The molecule has 1 heterocycles. The molecule has 3 rings (SSSR count).